The van der Waals surface area contributed by atoms with Crippen LogP contribution < -0.4 is 4.57 Å². The van der Waals surface area contributed by atoms with Gasteiger partial charge in [0.2, 0.25) is 6.33 Å². The predicted molar refractivity (Wildman–Crippen MR) is 85.9 cm³/mol. The van der Waals surface area contributed by atoms with Crippen LogP contribution >= 0.6 is 0 Å². The molecule has 2 rings (SSSR count). The van der Waals surface area contributed by atoms with Gasteiger partial charge in [0.25, 0.3) is 0 Å². The number of hydrogen-bond acceptors (Lipinski definition) is 2. The normalized spacial score (nSPS) is 14.7. The lowest BCUT2D eigenvalue weighted by Crippen LogP contribution is -2.41. The molecule has 2 heterocycles. The van der Waals surface area contributed by atoms with Gasteiger partial charge in [-0.3, -0.25) is 0 Å². The molecule has 0 bridgehead atoms. The van der Waals surface area contributed by atoms with Crippen molar-refractivity contribution >= 4 is 0 Å². The zero-order valence-corrected chi connectivity index (χ0v) is 12.4. The summed E-state index contributed by atoms with van der Waals surface area (Å²) >= 11 is 0. The van der Waals surface area contributed by atoms with Gasteiger partial charge in [-0.2, -0.15) is 0 Å². The number of hydrogen-bond donors (Lipinski definition) is 0. The first-order chi connectivity index (χ1) is 10.3. The molecule has 1 aromatic rings. The van der Waals surface area contributed by atoms with E-state index < -0.39 is 0 Å². The molecule has 0 N–H and O–H groups in total. The van der Waals surface area contributed by atoms with Crippen LogP contribution in [0.5, 0.6) is 0 Å². The van der Waals surface area contributed by atoms with Crippen molar-refractivity contribution in [1.29, 1.82) is 0 Å². The maximum atomic E-state index is 3.67. The molecule has 0 radical (unpaired) electrons. The molecule has 0 saturated heterocycles. The molecular weight excluding hydrogens is 260 g/mol. The Balaban J connectivity index is 1.79. The van der Waals surface area contributed by atoms with E-state index in [1.165, 1.54) is 0 Å². The van der Waals surface area contributed by atoms with Crippen molar-refractivity contribution in [2.75, 3.05) is 13.2 Å². The summed E-state index contributed by atoms with van der Waals surface area (Å²) < 4.78 is 4.32. The highest BCUT2D eigenvalue weighted by atomic mass is 15.4. The van der Waals surface area contributed by atoms with Crippen LogP contribution in [-0.4, -0.2) is 27.6 Å². The third-order valence-electron chi connectivity index (χ3n) is 3.14. The van der Waals surface area contributed by atoms with E-state index in [-0.39, 0.29) is 0 Å². The molecule has 0 fully saturated rings. The van der Waals surface area contributed by atoms with Gasteiger partial charge >= 0.3 is 0 Å². The number of imidazole rings is 1. The second-order valence-electron chi connectivity index (χ2n) is 4.89. The minimum Gasteiger partial charge on any atom is -0.355 e. The number of aromatic nitrogens is 2. The summed E-state index contributed by atoms with van der Waals surface area (Å²) in [5.41, 5.74) is 0. The van der Waals surface area contributed by atoms with Gasteiger partial charge in [0.05, 0.1) is 6.67 Å². The lowest BCUT2D eigenvalue weighted by atomic mass is 10.4. The van der Waals surface area contributed by atoms with Crippen molar-refractivity contribution in [2.45, 2.75) is 13.2 Å². The average Bonchev–Trinajstić information content (AvgIpc) is 3.10. The van der Waals surface area contributed by atoms with Crippen LogP contribution in [0.25, 0.3) is 0 Å². The molecule has 110 valence electrons. The monoisotopic (exact) mass is 283 g/mol. The van der Waals surface area contributed by atoms with Gasteiger partial charge in [-0.1, -0.05) is 43.5 Å². The highest BCUT2D eigenvalue weighted by molar-refractivity contribution is 5.01. The van der Waals surface area contributed by atoms with Crippen molar-refractivity contribution in [3.63, 3.8) is 0 Å². The largest absolute Gasteiger partial charge is 0.355 e. The smallest absolute Gasteiger partial charge is 0.245 e. The molecule has 0 spiro atoms. The fraction of sp³-hybridized carbons (Fsp3) is 0.235. The van der Waals surface area contributed by atoms with Crippen LogP contribution in [0.15, 0.2) is 80.7 Å². The molecule has 4 heteroatoms. The van der Waals surface area contributed by atoms with Gasteiger partial charge in [0.1, 0.15) is 18.9 Å². The minimum atomic E-state index is 0.857. The van der Waals surface area contributed by atoms with E-state index in [2.05, 4.69) is 75.4 Å². The summed E-state index contributed by atoms with van der Waals surface area (Å²) in [5.74, 6) is 0. The lowest BCUT2D eigenvalue weighted by Gasteiger charge is -2.18. The Hall–Kier alpha value is -2.49. The average molecular weight is 283 g/mol. The van der Waals surface area contributed by atoms with Gasteiger partial charge in [-0.15, -0.1) is 0 Å². The molecule has 4 nitrogen and oxygen atoms in total. The van der Waals surface area contributed by atoms with Crippen molar-refractivity contribution in [2.24, 2.45) is 0 Å². The van der Waals surface area contributed by atoms with E-state index in [1.807, 2.05) is 12.2 Å². The molecule has 21 heavy (non-hydrogen) atoms. The fourth-order valence-corrected chi connectivity index (χ4v) is 2.14. The molecule has 1 aliphatic heterocycles. The number of rotatable bonds is 8. The van der Waals surface area contributed by atoms with Crippen molar-refractivity contribution in [3.05, 3.63) is 80.7 Å². The summed E-state index contributed by atoms with van der Waals surface area (Å²) in [5, 5.41) is 0. The van der Waals surface area contributed by atoms with E-state index in [0.717, 1.165) is 26.4 Å². The standard InChI is InChI=1S/C17H23N4/c1-3-5-7-9-18-11-13-20(15-18)17-21-14-12-19(16-21)10-8-6-4-2/h3-8,11-15H,1-2,9-10,16-17H2/q+1/b7-5+,8-6+. The molecular formula is C17H23N4+. The molecule has 0 atom stereocenters. The Morgan fingerprint density at radius 3 is 2.48 bits per heavy atom. The van der Waals surface area contributed by atoms with Gasteiger partial charge in [-0.05, 0) is 6.08 Å². The zero-order valence-electron chi connectivity index (χ0n) is 12.4. The van der Waals surface area contributed by atoms with E-state index in [1.54, 1.807) is 12.2 Å². The maximum absolute atomic E-state index is 3.67. The van der Waals surface area contributed by atoms with E-state index in [0.29, 0.717) is 0 Å². The Kier molecular flexibility index (Phi) is 5.64. The minimum absolute atomic E-state index is 0.857. The third kappa shape index (κ3) is 4.84. The summed E-state index contributed by atoms with van der Waals surface area (Å²) in [6, 6.07) is 0. The summed E-state index contributed by atoms with van der Waals surface area (Å²) in [6.45, 7) is 10.9. The molecule has 0 aliphatic carbocycles. The SMILES string of the molecule is C=C/C=C/CN1C=CN(C[n+]2ccn(C/C=C/C=C)c2)C1. The Morgan fingerprint density at radius 1 is 1.00 bits per heavy atom. The topological polar surface area (TPSA) is 15.3 Å². The summed E-state index contributed by atoms with van der Waals surface area (Å²) in [7, 11) is 0. The summed E-state index contributed by atoms with van der Waals surface area (Å²) in [6.07, 6.45) is 22.3. The van der Waals surface area contributed by atoms with Crippen molar-refractivity contribution in [3.8, 4) is 0 Å². The van der Waals surface area contributed by atoms with Crippen molar-refractivity contribution in [1.82, 2.24) is 14.4 Å². The van der Waals surface area contributed by atoms with Crippen LogP contribution in [0.4, 0.5) is 0 Å². The summed E-state index contributed by atoms with van der Waals surface area (Å²) in [4.78, 5) is 4.52. The van der Waals surface area contributed by atoms with Crippen LogP contribution in [0, 0.1) is 0 Å². The molecule has 0 unspecified atom stereocenters. The Labute approximate surface area is 126 Å². The van der Waals surface area contributed by atoms with Gasteiger partial charge in [0, 0.05) is 18.9 Å². The molecule has 1 aliphatic rings. The molecule has 1 aromatic heterocycles. The van der Waals surface area contributed by atoms with Crippen LogP contribution in [-0.2, 0) is 13.2 Å². The Morgan fingerprint density at radius 2 is 1.71 bits per heavy atom. The highest BCUT2D eigenvalue weighted by Crippen LogP contribution is 2.05. The first kappa shape index (κ1) is 14.9. The second kappa shape index (κ2) is 7.94. The predicted octanol–water partition coefficient (Wildman–Crippen LogP) is 2.26. The maximum Gasteiger partial charge on any atom is 0.245 e. The van der Waals surface area contributed by atoms with Gasteiger partial charge < -0.3 is 9.80 Å². The van der Waals surface area contributed by atoms with Crippen LogP contribution in [0.1, 0.15) is 0 Å². The van der Waals surface area contributed by atoms with E-state index in [4.69, 9.17) is 0 Å². The number of allylic oxidation sites excluding steroid dienone is 5. The van der Waals surface area contributed by atoms with E-state index >= 15 is 0 Å². The van der Waals surface area contributed by atoms with Crippen molar-refractivity contribution < 1.29 is 4.57 Å². The first-order valence-corrected chi connectivity index (χ1v) is 7.08. The van der Waals surface area contributed by atoms with E-state index in [9.17, 15) is 0 Å². The van der Waals surface area contributed by atoms with Gasteiger partial charge in [0.15, 0.2) is 6.67 Å². The molecule has 0 amide bonds. The molecule has 0 aromatic carbocycles. The molecule has 0 saturated carbocycles. The second-order valence-corrected chi connectivity index (χ2v) is 4.89. The van der Waals surface area contributed by atoms with Crippen LogP contribution in [0.2, 0.25) is 0 Å². The third-order valence-corrected chi connectivity index (χ3v) is 3.14. The fourth-order valence-electron chi connectivity index (χ4n) is 2.14. The lowest BCUT2D eigenvalue weighted by molar-refractivity contribution is -0.713. The zero-order chi connectivity index (χ0) is 14.9. The quantitative estimate of drug-likeness (QED) is 0.537. The first-order valence-electron chi connectivity index (χ1n) is 7.08. The number of nitrogens with zero attached hydrogens (tertiary/aromatic N) is 4. The van der Waals surface area contributed by atoms with Crippen LogP contribution in [0.3, 0.4) is 0 Å². The highest BCUT2D eigenvalue weighted by Gasteiger charge is 2.13. The Bertz CT molecular complexity index is 551. The van der Waals surface area contributed by atoms with Gasteiger partial charge in [-0.25, -0.2) is 9.13 Å².